The molecule has 3 aromatic carbocycles. The Morgan fingerprint density at radius 1 is 1.04 bits per heavy atom. The molecule has 2 N–H and O–H groups in total. The number of aromatic nitrogens is 4. The quantitative estimate of drug-likeness (QED) is 0.154. The van der Waals surface area contributed by atoms with E-state index in [9.17, 15) is 9.65 Å². The number of morpholine rings is 1. The Labute approximate surface area is 313 Å². The van der Waals surface area contributed by atoms with Crippen molar-refractivity contribution in [2.24, 2.45) is 0 Å². The highest BCUT2D eigenvalue weighted by Gasteiger charge is 2.30. The summed E-state index contributed by atoms with van der Waals surface area (Å²) in [6, 6.07) is 18.4. The lowest BCUT2D eigenvalue weighted by atomic mass is 9.96. The molecule has 2 aliphatic heterocycles. The molecule has 0 unspecified atom stereocenters. The van der Waals surface area contributed by atoms with Crippen molar-refractivity contribution in [2.75, 3.05) is 50.0 Å². The summed E-state index contributed by atoms with van der Waals surface area (Å²) in [6.45, 7) is 12.7. The molecule has 52 heavy (non-hydrogen) atoms. The molecular formula is C39H42Cl2FN9O. The zero-order valence-corrected chi connectivity index (χ0v) is 31.1. The third kappa shape index (κ3) is 7.87. The Kier molecular flexibility index (Phi) is 10.6. The van der Waals surface area contributed by atoms with Gasteiger partial charge in [0.05, 0.1) is 59.0 Å². The van der Waals surface area contributed by atoms with Crippen LogP contribution in [0.25, 0.3) is 10.9 Å². The maximum absolute atomic E-state index is 14.0. The van der Waals surface area contributed by atoms with Crippen LogP contribution in [0.15, 0.2) is 67.0 Å². The maximum atomic E-state index is 14.0. The summed E-state index contributed by atoms with van der Waals surface area (Å²) >= 11 is 12.9. The molecule has 2 aliphatic rings. The lowest BCUT2D eigenvalue weighted by Crippen LogP contribution is -2.46. The predicted molar refractivity (Wildman–Crippen MR) is 204 cm³/mol. The van der Waals surface area contributed by atoms with Gasteiger partial charge in [-0.25, -0.2) is 9.07 Å². The van der Waals surface area contributed by atoms with E-state index in [1.807, 2.05) is 16.8 Å². The number of likely N-dealkylation sites (tertiary alicyclic amines) is 1. The second-order valence-corrected chi connectivity index (χ2v) is 15.3. The van der Waals surface area contributed by atoms with Crippen molar-refractivity contribution in [1.29, 1.82) is 5.26 Å². The molecule has 7 rings (SSSR count). The predicted octanol–water partition coefficient (Wildman–Crippen LogP) is 8.36. The van der Waals surface area contributed by atoms with Crippen molar-refractivity contribution in [2.45, 2.75) is 57.8 Å². The van der Waals surface area contributed by atoms with Gasteiger partial charge >= 0.3 is 0 Å². The number of hydrogen-bond donors (Lipinski definition) is 2. The monoisotopic (exact) mass is 741 g/mol. The number of fused-ring (bicyclic) bond motifs is 1. The Balaban J connectivity index is 1.29. The molecule has 2 saturated heterocycles. The highest BCUT2D eigenvalue weighted by molar-refractivity contribution is 6.32. The molecule has 0 bridgehead atoms. The molecule has 0 spiro atoms. The summed E-state index contributed by atoms with van der Waals surface area (Å²) in [4.78, 5) is 9.68. The number of hydrogen-bond acceptors (Lipinski definition) is 9. The molecule has 2 fully saturated rings. The first kappa shape index (κ1) is 36.1. The number of pyridine rings is 1. The lowest BCUT2D eigenvalue weighted by molar-refractivity contribution is 0.0340. The first-order valence-corrected chi connectivity index (χ1v) is 18.4. The second kappa shape index (κ2) is 15.3. The van der Waals surface area contributed by atoms with E-state index in [1.54, 1.807) is 12.1 Å². The number of anilines is 3. The average Bonchev–Trinajstić information content (AvgIpc) is 3.63. The fourth-order valence-electron chi connectivity index (χ4n) is 7.14. The molecule has 0 aliphatic carbocycles. The largest absolute Gasteiger partial charge is 0.379 e. The number of nitrogens with zero attached hydrogens (tertiary/aromatic N) is 7. The topological polar surface area (TPSA) is 107 Å². The van der Waals surface area contributed by atoms with Gasteiger partial charge in [0.15, 0.2) is 0 Å². The minimum absolute atomic E-state index is 0.0337. The number of rotatable bonds is 9. The molecule has 2 aromatic heterocycles. The molecule has 0 radical (unpaired) electrons. The second-order valence-electron chi connectivity index (χ2n) is 14.4. The first-order chi connectivity index (χ1) is 25.1. The van der Waals surface area contributed by atoms with Gasteiger partial charge in [-0.1, -0.05) is 52.7 Å². The average molecular weight is 743 g/mol. The minimum Gasteiger partial charge on any atom is -0.379 e. The number of ether oxygens (including phenoxy) is 1. The smallest absolute Gasteiger partial charge is 0.141 e. The van der Waals surface area contributed by atoms with E-state index in [4.69, 9.17) is 43.2 Å². The molecule has 13 heteroatoms. The van der Waals surface area contributed by atoms with Crippen molar-refractivity contribution in [3.63, 3.8) is 0 Å². The molecule has 10 nitrogen and oxygen atoms in total. The lowest BCUT2D eigenvalue weighted by Gasteiger charge is -2.40. The number of nitrogens with one attached hydrogen (secondary N) is 2. The van der Waals surface area contributed by atoms with Crippen LogP contribution in [0.5, 0.6) is 0 Å². The zero-order chi connectivity index (χ0) is 36.4. The maximum Gasteiger partial charge on any atom is 0.141 e. The summed E-state index contributed by atoms with van der Waals surface area (Å²) in [7, 11) is 0. The van der Waals surface area contributed by atoms with Gasteiger partial charge < -0.3 is 15.4 Å². The van der Waals surface area contributed by atoms with E-state index in [0.717, 1.165) is 62.4 Å². The van der Waals surface area contributed by atoms with E-state index < -0.39 is 11.9 Å². The van der Waals surface area contributed by atoms with Crippen LogP contribution in [0, 0.1) is 17.1 Å². The van der Waals surface area contributed by atoms with Gasteiger partial charge in [0.25, 0.3) is 0 Å². The normalized spacial score (nSPS) is 16.9. The Morgan fingerprint density at radius 3 is 2.54 bits per heavy atom. The van der Waals surface area contributed by atoms with Crippen molar-refractivity contribution in [3.8, 4) is 6.07 Å². The SMILES string of the molecule is CC(C)(C)N1CCC(n2cc([C@@H](Nc3cc(Cl)cc4c(Nc5ccc(F)c(Cl)c5)c(C#N)cnc34)c3ccccc3CN3CCOCC3)nn2)CC1. The Hall–Kier alpha value is -4.31. The zero-order valence-electron chi connectivity index (χ0n) is 29.5. The van der Waals surface area contributed by atoms with Crippen molar-refractivity contribution >= 4 is 51.2 Å². The molecular weight excluding hydrogens is 700 g/mol. The van der Waals surface area contributed by atoms with Crippen LogP contribution >= 0.6 is 23.2 Å². The summed E-state index contributed by atoms with van der Waals surface area (Å²) < 4.78 is 21.7. The van der Waals surface area contributed by atoms with Crippen LogP contribution in [0.4, 0.5) is 21.5 Å². The van der Waals surface area contributed by atoms with Crippen LogP contribution in [0.2, 0.25) is 10.0 Å². The van der Waals surface area contributed by atoms with E-state index in [-0.39, 0.29) is 16.6 Å². The fraction of sp³-hybridized carbons (Fsp3) is 0.385. The van der Waals surface area contributed by atoms with Crippen molar-refractivity contribution in [3.05, 3.63) is 105 Å². The fourth-order valence-corrected chi connectivity index (χ4v) is 7.54. The molecule has 4 heterocycles. The van der Waals surface area contributed by atoms with Crippen LogP contribution in [0.3, 0.4) is 0 Å². The van der Waals surface area contributed by atoms with Crippen molar-refractivity contribution in [1.82, 2.24) is 29.8 Å². The number of halogens is 3. The van der Waals surface area contributed by atoms with E-state index >= 15 is 0 Å². The number of benzene rings is 3. The van der Waals surface area contributed by atoms with Crippen LogP contribution in [0.1, 0.15) is 68.1 Å². The third-order valence-corrected chi connectivity index (χ3v) is 10.5. The molecule has 5 aromatic rings. The van der Waals surface area contributed by atoms with Gasteiger partial charge in [-0.05, 0) is 75.1 Å². The van der Waals surface area contributed by atoms with Crippen LogP contribution in [-0.4, -0.2) is 74.7 Å². The third-order valence-electron chi connectivity index (χ3n) is 10.0. The summed E-state index contributed by atoms with van der Waals surface area (Å²) in [6.07, 6.45) is 5.58. The molecule has 1 atom stereocenters. The van der Waals surface area contributed by atoms with Gasteiger partial charge in [0.2, 0.25) is 0 Å². The van der Waals surface area contributed by atoms with Gasteiger partial charge in [0, 0.05) is 60.6 Å². The highest BCUT2D eigenvalue weighted by atomic mass is 35.5. The first-order valence-electron chi connectivity index (χ1n) is 17.6. The van der Waals surface area contributed by atoms with Gasteiger partial charge in [-0.3, -0.25) is 14.8 Å². The van der Waals surface area contributed by atoms with Gasteiger partial charge in [-0.2, -0.15) is 5.26 Å². The van der Waals surface area contributed by atoms with Gasteiger partial charge in [-0.15, -0.1) is 5.10 Å². The molecule has 0 saturated carbocycles. The van der Waals surface area contributed by atoms with Crippen LogP contribution < -0.4 is 10.6 Å². The van der Waals surface area contributed by atoms with Crippen LogP contribution in [-0.2, 0) is 11.3 Å². The standard InChI is InChI=1S/C39H42Cl2FN9O/c1-39(2,3)50-12-10-29(11-13-50)51-24-35(47-48-51)38(30-7-5-4-6-25(30)23-49-14-16-52-17-15-49)46-34-19-27(40)18-31-36(26(21-43)22-44-37(31)34)45-28-8-9-33(42)32(41)20-28/h4-9,18-20,22,24,29,38,46H,10-17,23H2,1-3H3,(H,44,45)/t38-/m0/s1. The Bertz CT molecular complexity index is 2100. The Morgan fingerprint density at radius 2 is 1.81 bits per heavy atom. The highest BCUT2D eigenvalue weighted by Crippen LogP contribution is 2.39. The number of nitriles is 1. The number of piperidine rings is 1. The summed E-state index contributed by atoms with van der Waals surface area (Å²) in [5.41, 5.74) is 5.68. The molecule has 270 valence electrons. The van der Waals surface area contributed by atoms with Gasteiger partial charge in [0.1, 0.15) is 17.6 Å². The summed E-state index contributed by atoms with van der Waals surface area (Å²) in [5.74, 6) is -0.533. The van der Waals surface area contributed by atoms with Crippen molar-refractivity contribution < 1.29 is 9.13 Å². The minimum atomic E-state index is -0.533. The summed E-state index contributed by atoms with van der Waals surface area (Å²) in [5, 5.41) is 27.6. The van der Waals surface area contributed by atoms with E-state index in [0.29, 0.717) is 51.8 Å². The van der Waals surface area contributed by atoms with E-state index in [1.165, 1.54) is 18.3 Å². The van der Waals surface area contributed by atoms with E-state index in [2.05, 4.69) is 71.7 Å². The molecule has 0 amide bonds.